The third kappa shape index (κ3) is 3.08. The lowest BCUT2D eigenvalue weighted by atomic mass is 9.96. The van der Waals surface area contributed by atoms with Crippen molar-refractivity contribution in [3.63, 3.8) is 0 Å². The first-order chi connectivity index (χ1) is 7.54. The molecule has 0 radical (unpaired) electrons. The van der Waals surface area contributed by atoms with Crippen LogP contribution in [0.2, 0.25) is 0 Å². The summed E-state index contributed by atoms with van der Waals surface area (Å²) in [6, 6.07) is 2.62. The fraction of sp³-hybridized carbons (Fsp3) is 0.769. The van der Waals surface area contributed by atoms with E-state index in [1.165, 1.54) is 32.1 Å². The molecule has 2 rings (SSSR count). The van der Waals surface area contributed by atoms with Gasteiger partial charge in [0.2, 0.25) is 0 Å². The van der Waals surface area contributed by atoms with Crippen LogP contribution in [0.1, 0.15) is 57.7 Å². The fourth-order valence-electron chi connectivity index (χ4n) is 2.46. The molecule has 1 fully saturated rings. The largest absolute Gasteiger partial charge is 0.390 e. The molecule has 0 atom stereocenters. The lowest BCUT2D eigenvalue weighted by Crippen LogP contribution is -2.22. The van der Waals surface area contributed by atoms with Crippen molar-refractivity contribution in [2.24, 2.45) is 0 Å². The SMILES string of the molecule is CC(C)(O)Cc1ccn(C2CCCCC2)n1. The number of aromatic nitrogens is 2. The lowest BCUT2D eigenvalue weighted by molar-refractivity contribution is 0.0796. The highest BCUT2D eigenvalue weighted by atomic mass is 16.3. The molecular formula is C13H22N2O. The van der Waals surface area contributed by atoms with Gasteiger partial charge in [-0.1, -0.05) is 19.3 Å². The zero-order chi connectivity index (χ0) is 11.6. The zero-order valence-corrected chi connectivity index (χ0v) is 10.3. The Morgan fingerprint density at radius 1 is 1.38 bits per heavy atom. The molecule has 1 aliphatic rings. The minimum absolute atomic E-state index is 0.587. The van der Waals surface area contributed by atoms with Crippen molar-refractivity contribution in [1.82, 2.24) is 9.78 Å². The van der Waals surface area contributed by atoms with E-state index >= 15 is 0 Å². The summed E-state index contributed by atoms with van der Waals surface area (Å²) in [5, 5.41) is 14.3. The van der Waals surface area contributed by atoms with Crippen molar-refractivity contribution in [3.05, 3.63) is 18.0 Å². The maximum Gasteiger partial charge on any atom is 0.0653 e. The quantitative estimate of drug-likeness (QED) is 0.854. The van der Waals surface area contributed by atoms with Crippen molar-refractivity contribution in [1.29, 1.82) is 0 Å². The molecule has 16 heavy (non-hydrogen) atoms. The maximum absolute atomic E-state index is 9.74. The van der Waals surface area contributed by atoms with Crippen LogP contribution in [0.15, 0.2) is 12.3 Å². The maximum atomic E-state index is 9.74. The number of rotatable bonds is 3. The van der Waals surface area contributed by atoms with Crippen molar-refractivity contribution < 1.29 is 5.11 Å². The topological polar surface area (TPSA) is 38.0 Å². The van der Waals surface area contributed by atoms with Crippen LogP contribution in [0.25, 0.3) is 0 Å². The van der Waals surface area contributed by atoms with Gasteiger partial charge in [-0.05, 0) is 32.8 Å². The molecule has 1 N–H and O–H groups in total. The van der Waals surface area contributed by atoms with Crippen LogP contribution in [-0.4, -0.2) is 20.5 Å². The monoisotopic (exact) mass is 222 g/mol. The summed E-state index contributed by atoms with van der Waals surface area (Å²) in [6.07, 6.45) is 9.22. The molecule has 0 aliphatic heterocycles. The predicted molar refractivity (Wildman–Crippen MR) is 64.4 cm³/mol. The highest BCUT2D eigenvalue weighted by Gasteiger charge is 2.18. The molecule has 0 bridgehead atoms. The average Bonchev–Trinajstić information content (AvgIpc) is 2.65. The van der Waals surface area contributed by atoms with Gasteiger partial charge >= 0.3 is 0 Å². The summed E-state index contributed by atoms with van der Waals surface area (Å²) in [6.45, 7) is 3.65. The summed E-state index contributed by atoms with van der Waals surface area (Å²) in [7, 11) is 0. The first kappa shape index (κ1) is 11.6. The molecule has 3 heteroatoms. The minimum atomic E-state index is -0.661. The Labute approximate surface area is 97.5 Å². The van der Waals surface area contributed by atoms with Crippen molar-refractivity contribution in [2.75, 3.05) is 0 Å². The number of hydrogen-bond donors (Lipinski definition) is 1. The molecule has 90 valence electrons. The smallest absolute Gasteiger partial charge is 0.0653 e. The fourth-order valence-corrected chi connectivity index (χ4v) is 2.46. The van der Waals surface area contributed by atoms with Crippen LogP contribution in [0.3, 0.4) is 0 Å². The normalized spacial score (nSPS) is 18.9. The minimum Gasteiger partial charge on any atom is -0.390 e. The van der Waals surface area contributed by atoms with Crippen LogP contribution < -0.4 is 0 Å². The molecule has 1 aliphatic carbocycles. The molecular weight excluding hydrogens is 200 g/mol. The lowest BCUT2D eigenvalue weighted by Gasteiger charge is -2.22. The Morgan fingerprint density at radius 2 is 2.06 bits per heavy atom. The zero-order valence-electron chi connectivity index (χ0n) is 10.3. The van der Waals surface area contributed by atoms with E-state index in [-0.39, 0.29) is 0 Å². The Kier molecular flexibility index (Phi) is 3.33. The Hall–Kier alpha value is -0.830. The van der Waals surface area contributed by atoms with Crippen molar-refractivity contribution in [3.8, 4) is 0 Å². The van der Waals surface area contributed by atoms with Gasteiger partial charge in [0.05, 0.1) is 17.3 Å². The Balaban J connectivity index is 2.01. The summed E-state index contributed by atoms with van der Waals surface area (Å²) in [5.41, 5.74) is 0.337. The van der Waals surface area contributed by atoms with E-state index in [4.69, 9.17) is 0 Å². The number of nitrogens with zero attached hydrogens (tertiary/aromatic N) is 2. The molecule has 1 heterocycles. The van der Waals surface area contributed by atoms with Crippen LogP contribution in [0, 0.1) is 0 Å². The van der Waals surface area contributed by atoms with Crippen LogP contribution in [-0.2, 0) is 6.42 Å². The summed E-state index contributed by atoms with van der Waals surface area (Å²) in [4.78, 5) is 0. The van der Waals surface area contributed by atoms with Gasteiger partial charge in [0.15, 0.2) is 0 Å². The molecule has 0 spiro atoms. The molecule has 1 aromatic heterocycles. The number of aliphatic hydroxyl groups is 1. The van der Waals surface area contributed by atoms with Gasteiger partial charge in [-0.2, -0.15) is 5.10 Å². The van der Waals surface area contributed by atoms with Gasteiger partial charge < -0.3 is 5.11 Å². The predicted octanol–water partition coefficient (Wildman–Crippen LogP) is 2.70. The van der Waals surface area contributed by atoms with Gasteiger partial charge in [0.25, 0.3) is 0 Å². The molecule has 0 aromatic carbocycles. The van der Waals surface area contributed by atoms with E-state index in [1.807, 2.05) is 19.9 Å². The van der Waals surface area contributed by atoms with Crippen LogP contribution >= 0.6 is 0 Å². The summed E-state index contributed by atoms with van der Waals surface area (Å²) in [5.74, 6) is 0. The van der Waals surface area contributed by atoms with E-state index in [9.17, 15) is 5.11 Å². The Bertz CT molecular complexity index is 332. The van der Waals surface area contributed by atoms with Crippen LogP contribution in [0.4, 0.5) is 0 Å². The van der Waals surface area contributed by atoms with Crippen LogP contribution in [0.5, 0.6) is 0 Å². The molecule has 1 saturated carbocycles. The van der Waals surface area contributed by atoms with E-state index in [0.29, 0.717) is 12.5 Å². The van der Waals surface area contributed by atoms with Crippen molar-refractivity contribution >= 4 is 0 Å². The second kappa shape index (κ2) is 4.58. The highest BCUT2D eigenvalue weighted by molar-refractivity contribution is 5.03. The number of hydrogen-bond acceptors (Lipinski definition) is 2. The second-order valence-corrected chi connectivity index (χ2v) is 5.57. The second-order valence-electron chi connectivity index (χ2n) is 5.57. The molecule has 0 amide bonds. The molecule has 1 aromatic rings. The van der Waals surface area contributed by atoms with Gasteiger partial charge in [-0.15, -0.1) is 0 Å². The van der Waals surface area contributed by atoms with Gasteiger partial charge in [0, 0.05) is 12.6 Å². The van der Waals surface area contributed by atoms with E-state index < -0.39 is 5.60 Å². The first-order valence-electron chi connectivity index (χ1n) is 6.31. The van der Waals surface area contributed by atoms with E-state index in [1.54, 1.807) is 0 Å². The average molecular weight is 222 g/mol. The first-order valence-corrected chi connectivity index (χ1v) is 6.31. The highest BCUT2D eigenvalue weighted by Crippen LogP contribution is 2.27. The third-order valence-corrected chi connectivity index (χ3v) is 3.23. The molecule has 3 nitrogen and oxygen atoms in total. The Morgan fingerprint density at radius 3 is 2.69 bits per heavy atom. The standard InChI is InChI=1S/C13H22N2O/c1-13(2,16)10-11-8-9-15(14-11)12-6-4-3-5-7-12/h8-9,12,16H,3-7,10H2,1-2H3. The van der Waals surface area contributed by atoms with Gasteiger partial charge in [0.1, 0.15) is 0 Å². The molecule has 0 saturated heterocycles. The van der Waals surface area contributed by atoms with E-state index in [0.717, 1.165) is 5.69 Å². The van der Waals surface area contributed by atoms with E-state index in [2.05, 4.69) is 16.0 Å². The summed E-state index contributed by atoms with van der Waals surface area (Å²) < 4.78 is 2.10. The summed E-state index contributed by atoms with van der Waals surface area (Å²) >= 11 is 0. The third-order valence-electron chi connectivity index (χ3n) is 3.23. The molecule has 0 unspecified atom stereocenters. The van der Waals surface area contributed by atoms with Gasteiger partial charge in [-0.25, -0.2) is 0 Å². The van der Waals surface area contributed by atoms with Gasteiger partial charge in [-0.3, -0.25) is 4.68 Å². The van der Waals surface area contributed by atoms with Crippen molar-refractivity contribution in [2.45, 2.75) is 64.0 Å².